The lowest BCUT2D eigenvalue weighted by Crippen LogP contribution is -2.27. The zero-order valence-corrected chi connectivity index (χ0v) is 14.5. The van der Waals surface area contributed by atoms with Crippen molar-refractivity contribution in [3.05, 3.63) is 47.2 Å². The number of carbonyl (C=O) groups excluding carboxylic acids is 1. The Bertz CT molecular complexity index is 864. The number of amides is 1. The number of benzene rings is 1. The van der Waals surface area contributed by atoms with Crippen molar-refractivity contribution in [1.29, 1.82) is 0 Å². The maximum absolute atomic E-state index is 12.4. The minimum Gasteiger partial charge on any atom is -0.438 e. The summed E-state index contributed by atoms with van der Waals surface area (Å²) >= 11 is 0. The van der Waals surface area contributed by atoms with E-state index >= 15 is 0 Å². The summed E-state index contributed by atoms with van der Waals surface area (Å²) in [5.74, 6) is -0.488. The molecule has 1 N–H and O–H groups in total. The fourth-order valence-corrected chi connectivity index (χ4v) is 4.20. The first-order valence-corrected chi connectivity index (χ1v) is 9.30. The molecule has 1 aromatic heterocycles. The van der Waals surface area contributed by atoms with Crippen molar-refractivity contribution in [1.82, 2.24) is 4.31 Å². The van der Waals surface area contributed by atoms with Gasteiger partial charge in [-0.05, 0) is 50.5 Å². The predicted octanol–water partition coefficient (Wildman–Crippen LogP) is 2.93. The molecule has 0 unspecified atom stereocenters. The Morgan fingerprint density at radius 3 is 2.50 bits per heavy atom. The van der Waals surface area contributed by atoms with Gasteiger partial charge in [0.05, 0.1) is 0 Å². The molecule has 2 aromatic rings. The van der Waals surface area contributed by atoms with Crippen LogP contribution in [-0.4, -0.2) is 31.7 Å². The number of furan rings is 1. The van der Waals surface area contributed by atoms with Gasteiger partial charge in [-0.1, -0.05) is 17.7 Å². The van der Waals surface area contributed by atoms with Crippen molar-refractivity contribution >= 4 is 21.6 Å². The van der Waals surface area contributed by atoms with E-state index in [1.807, 2.05) is 32.0 Å². The van der Waals surface area contributed by atoms with Crippen LogP contribution in [-0.2, 0) is 10.0 Å². The van der Waals surface area contributed by atoms with Gasteiger partial charge in [0, 0.05) is 18.8 Å². The number of hydrogen-bond donors (Lipinski definition) is 1. The first-order chi connectivity index (χ1) is 11.4. The molecular weight excluding hydrogens is 328 g/mol. The zero-order valence-electron chi connectivity index (χ0n) is 13.7. The number of nitrogens with zero attached hydrogens (tertiary/aromatic N) is 1. The van der Waals surface area contributed by atoms with Gasteiger partial charge in [-0.3, -0.25) is 4.79 Å². The first kappa shape index (κ1) is 16.7. The SMILES string of the molecule is Cc1ccc(NC(=O)c2ccc(S(=O)(=O)N3CCCC3)o2)c(C)c1. The number of aryl methyl sites for hydroxylation is 2. The van der Waals surface area contributed by atoms with Crippen molar-refractivity contribution in [2.24, 2.45) is 0 Å². The van der Waals surface area contributed by atoms with Gasteiger partial charge < -0.3 is 9.73 Å². The van der Waals surface area contributed by atoms with E-state index in [1.165, 1.54) is 16.4 Å². The van der Waals surface area contributed by atoms with Crippen molar-refractivity contribution < 1.29 is 17.6 Å². The van der Waals surface area contributed by atoms with Crippen LogP contribution in [0.25, 0.3) is 0 Å². The minimum atomic E-state index is -3.65. The molecule has 24 heavy (non-hydrogen) atoms. The summed E-state index contributed by atoms with van der Waals surface area (Å²) in [6, 6.07) is 8.40. The fraction of sp³-hybridized carbons (Fsp3) is 0.353. The largest absolute Gasteiger partial charge is 0.438 e. The molecule has 1 aromatic carbocycles. The summed E-state index contributed by atoms with van der Waals surface area (Å²) in [6.45, 7) is 4.86. The fourth-order valence-electron chi connectivity index (χ4n) is 2.77. The van der Waals surface area contributed by atoms with E-state index in [9.17, 15) is 13.2 Å². The van der Waals surface area contributed by atoms with Gasteiger partial charge in [0.2, 0.25) is 5.09 Å². The number of anilines is 1. The molecule has 2 heterocycles. The lowest BCUT2D eigenvalue weighted by atomic mass is 10.1. The lowest BCUT2D eigenvalue weighted by Gasteiger charge is -2.12. The summed E-state index contributed by atoms with van der Waals surface area (Å²) in [4.78, 5) is 12.3. The van der Waals surface area contributed by atoms with E-state index < -0.39 is 15.9 Å². The van der Waals surface area contributed by atoms with E-state index in [1.54, 1.807) is 0 Å². The zero-order chi connectivity index (χ0) is 17.3. The summed E-state index contributed by atoms with van der Waals surface area (Å²) in [7, 11) is -3.65. The van der Waals surface area contributed by atoms with Gasteiger partial charge in [-0.2, -0.15) is 4.31 Å². The van der Waals surface area contributed by atoms with Gasteiger partial charge >= 0.3 is 0 Å². The highest BCUT2D eigenvalue weighted by molar-refractivity contribution is 7.89. The third-order valence-corrected chi connectivity index (χ3v) is 5.87. The van der Waals surface area contributed by atoms with E-state index in [0.717, 1.165) is 24.0 Å². The molecule has 0 saturated carbocycles. The number of rotatable bonds is 4. The van der Waals surface area contributed by atoms with Crippen LogP contribution in [0.15, 0.2) is 39.8 Å². The quantitative estimate of drug-likeness (QED) is 0.921. The van der Waals surface area contributed by atoms with E-state index in [4.69, 9.17) is 4.42 Å². The third kappa shape index (κ3) is 3.22. The Labute approximate surface area is 141 Å². The molecule has 1 aliphatic rings. The molecule has 6 nitrogen and oxygen atoms in total. The van der Waals surface area contributed by atoms with Crippen LogP contribution in [0.4, 0.5) is 5.69 Å². The molecule has 1 saturated heterocycles. The standard InChI is InChI=1S/C17H20N2O4S/c1-12-5-6-14(13(2)11-12)18-17(20)15-7-8-16(23-15)24(21,22)19-9-3-4-10-19/h5-8,11H,3-4,9-10H2,1-2H3,(H,18,20). The second kappa shape index (κ2) is 6.41. The molecular formula is C17H20N2O4S. The van der Waals surface area contributed by atoms with Gasteiger partial charge in [0.1, 0.15) is 0 Å². The maximum atomic E-state index is 12.4. The Morgan fingerprint density at radius 2 is 1.83 bits per heavy atom. The highest BCUT2D eigenvalue weighted by Gasteiger charge is 2.30. The second-order valence-electron chi connectivity index (χ2n) is 6.00. The Hall–Kier alpha value is -2.12. The maximum Gasteiger partial charge on any atom is 0.291 e. The highest BCUT2D eigenvalue weighted by atomic mass is 32.2. The number of nitrogens with one attached hydrogen (secondary N) is 1. The molecule has 1 amide bonds. The molecule has 3 rings (SSSR count). The van der Waals surface area contributed by atoms with E-state index in [-0.39, 0.29) is 10.9 Å². The van der Waals surface area contributed by atoms with Gasteiger partial charge in [0.15, 0.2) is 5.76 Å². The molecule has 0 bridgehead atoms. The number of hydrogen-bond acceptors (Lipinski definition) is 4. The average Bonchev–Trinajstić information content (AvgIpc) is 3.21. The van der Waals surface area contributed by atoms with Crippen molar-refractivity contribution in [2.45, 2.75) is 31.8 Å². The monoisotopic (exact) mass is 348 g/mol. The van der Waals surface area contributed by atoms with Gasteiger partial charge in [-0.15, -0.1) is 0 Å². The van der Waals surface area contributed by atoms with Gasteiger partial charge in [-0.25, -0.2) is 8.42 Å². The average molecular weight is 348 g/mol. The van der Waals surface area contributed by atoms with Crippen molar-refractivity contribution in [2.75, 3.05) is 18.4 Å². The highest BCUT2D eigenvalue weighted by Crippen LogP contribution is 2.23. The Morgan fingerprint density at radius 1 is 1.12 bits per heavy atom. The minimum absolute atomic E-state index is 0.0206. The topological polar surface area (TPSA) is 79.6 Å². The molecule has 0 spiro atoms. The van der Waals surface area contributed by atoms with Crippen LogP contribution in [0.2, 0.25) is 0 Å². The van der Waals surface area contributed by atoms with Gasteiger partial charge in [0.25, 0.3) is 15.9 Å². The normalized spacial score (nSPS) is 15.6. The summed E-state index contributed by atoms with van der Waals surface area (Å²) in [6.07, 6.45) is 1.69. The van der Waals surface area contributed by atoms with Crippen LogP contribution >= 0.6 is 0 Å². The smallest absolute Gasteiger partial charge is 0.291 e. The predicted molar refractivity (Wildman–Crippen MR) is 90.6 cm³/mol. The second-order valence-corrected chi connectivity index (χ2v) is 7.87. The van der Waals surface area contributed by atoms with Crippen LogP contribution in [0, 0.1) is 13.8 Å². The van der Waals surface area contributed by atoms with Crippen LogP contribution in [0.1, 0.15) is 34.5 Å². The molecule has 1 aliphatic heterocycles. The molecule has 7 heteroatoms. The van der Waals surface area contributed by atoms with E-state index in [0.29, 0.717) is 18.8 Å². The molecule has 1 fully saturated rings. The lowest BCUT2D eigenvalue weighted by molar-refractivity contribution is 0.0991. The summed E-state index contributed by atoms with van der Waals surface area (Å²) in [5.41, 5.74) is 2.70. The Balaban J connectivity index is 1.78. The molecule has 0 radical (unpaired) electrons. The molecule has 0 aliphatic carbocycles. The van der Waals surface area contributed by atoms with E-state index in [2.05, 4.69) is 5.32 Å². The first-order valence-electron chi connectivity index (χ1n) is 7.86. The number of sulfonamides is 1. The molecule has 0 atom stereocenters. The van der Waals surface area contributed by atoms with Crippen LogP contribution in [0.3, 0.4) is 0 Å². The Kier molecular flexibility index (Phi) is 4.47. The third-order valence-electron chi connectivity index (χ3n) is 4.09. The summed E-state index contributed by atoms with van der Waals surface area (Å²) < 4.78 is 31.5. The number of carbonyl (C=O) groups is 1. The summed E-state index contributed by atoms with van der Waals surface area (Å²) in [5, 5.41) is 2.56. The van der Waals surface area contributed by atoms with Crippen molar-refractivity contribution in [3.8, 4) is 0 Å². The van der Waals surface area contributed by atoms with Crippen LogP contribution < -0.4 is 5.32 Å². The van der Waals surface area contributed by atoms with Crippen LogP contribution in [0.5, 0.6) is 0 Å². The van der Waals surface area contributed by atoms with Crippen molar-refractivity contribution in [3.63, 3.8) is 0 Å². The molecule has 128 valence electrons.